The van der Waals surface area contributed by atoms with Crippen molar-refractivity contribution in [3.8, 4) is 0 Å². The molecule has 2 unspecified atom stereocenters. The molecule has 2 aliphatic heterocycles. The van der Waals surface area contributed by atoms with E-state index in [4.69, 9.17) is 0 Å². The molecule has 0 spiro atoms. The van der Waals surface area contributed by atoms with Gasteiger partial charge in [-0.2, -0.15) is 0 Å². The zero-order valence-electron chi connectivity index (χ0n) is 20.0. The molecule has 0 bridgehead atoms. The number of aryl methyl sites for hydroxylation is 1. The smallest absolute Gasteiger partial charge is 0.223 e. The fourth-order valence-corrected chi connectivity index (χ4v) is 5.12. The Kier molecular flexibility index (Phi) is 7.51. The fraction of sp³-hybridized carbons (Fsp3) is 0.536. The molecule has 2 fully saturated rings. The summed E-state index contributed by atoms with van der Waals surface area (Å²) in [5.41, 5.74) is 5.15. The third kappa shape index (κ3) is 5.92. The zero-order valence-corrected chi connectivity index (χ0v) is 20.0. The van der Waals surface area contributed by atoms with Gasteiger partial charge in [-0.15, -0.1) is 0 Å². The third-order valence-electron chi connectivity index (χ3n) is 7.26. The van der Waals surface area contributed by atoms with Crippen molar-refractivity contribution in [1.29, 1.82) is 0 Å². The van der Waals surface area contributed by atoms with Crippen LogP contribution in [-0.2, 0) is 11.3 Å². The van der Waals surface area contributed by atoms with Crippen molar-refractivity contribution in [2.75, 3.05) is 31.1 Å². The van der Waals surface area contributed by atoms with Gasteiger partial charge in [-0.05, 0) is 81.8 Å². The minimum atomic E-state index is 0.0439. The van der Waals surface area contributed by atoms with Crippen LogP contribution in [0.3, 0.4) is 0 Å². The van der Waals surface area contributed by atoms with Crippen LogP contribution in [0.1, 0.15) is 62.3 Å². The SMILES string of the molecule is Cc1ccc(CN2CCC(C(=O)NC(C)c3ccc(N4CCCC(C)C4)cc3)CC2)cc1. The molecule has 32 heavy (non-hydrogen) atoms. The van der Waals surface area contributed by atoms with Crippen LogP contribution >= 0.6 is 0 Å². The van der Waals surface area contributed by atoms with Crippen LogP contribution in [-0.4, -0.2) is 37.0 Å². The fourth-order valence-electron chi connectivity index (χ4n) is 5.12. The number of likely N-dealkylation sites (tertiary alicyclic amines) is 1. The highest BCUT2D eigenvalue weighted by atomic mass is 16.1. The van der Waals surface area contributed by atoms with E-state index in [9.17, 15) is 4.79 Å². The molecular formula is C28H39N3O. The molecule has 4 rings (SSSR count). The lowest BCUT2D eigenvalue weighted by molar-refractivity contribution is -0.127. The zero-order chi connectivity index (χ0) is 22.5. The monoisotopic (exact) mass is 433 g/mol. The van der Waals surface area contributed by atoms with E-state index >= 15 is 0 Å². The van der Waals surface area contributed by atoms with Gasteiger partial charge in [-0.25, -0.2) is 0 Å². The summed E-state index contributed by atoms with van der Waals surface area (Å²) in [4.78, 5) is 17.9. The van der Waals surface area contributed by atoms with Crippen LogP contribution in [0, 0.1) is 18.8 Å². The van der Waals surface area contributed by atoms with Gasteiger partial charge >= 0.3 is 0 Å². The van der Waals surface area contributed by atoms with Gasteiger partial charge in [0.05, 0.1) is 6.04 Å². The molecule has 4 nitrogen and oxygen atoms in total. The maximum atomic E-state index is 12.9. The highest BCUT2D eigenvalue weighted by Crippen LogP contribution is 2.25. The lowest BCUT2D eigenvalue weighted by Crippen LogP contribution is -2.40. The number of rotatable bonds is 6. The van der Waals surface area contributed by atoms with Crippen molar-refractivity contribution in [2.45, 2.75) is 59.0 Å². The quantitative estimate of drug-likeness (QED) is 0.670. The van der Waals surface area contributed by atoms with E-state index in [2.05, 4.69) is 84.4 Å². The molecule has 2 aromatic carbocycles. The van der Waals surface area contributed by atoms with E-state index in [1.54, 1.807) is 0 Å². The summed E-state index contributed by atoms with van der Waals surface area (Å²) < 4.78 is 0. The number of hydrogen-bond donors (Lipinski definition) is 1. The van der Waals surface area contributed by atoms with Gasteiger partial charge in [-0.1, -0.05) is 48.9 Å². The highest BCUT2D eigenvalue weighted by molar-refractivity contribution is 5.79. The van der Waals surface area contributed by atoms with E-state index in [0.29, 0.717) is 0 Å². The van der Waals surface area contributed by atoms with Crippen molar-refractivity contribution < 1.29 is 4.79 Å². The summed E-state index contributed by atoms with van der Waals surface area (Å²) in [5, 5.41) is 3.27. The predicted molar refractivity (Wildman–Crippen MR) is 133 cm³/mol. The number of hydrogen-bond acceptors (Lipinski definition) is 3. The minimum absolute atomic E-state index is 0.0439. The molecule has 2 saturated heterocycles. The maximum Gasteiger partial charge on any atom is 0.223 e. The molecule has 2 aromatic rings. The second kappa shape index (κ2) is 10.5. The molecule has 0 aromatic heterocycles. The first-order valence-corrected chi connectivity index (χ1v) is 12.4. The Morgan fingerprint density at radius 2 is 1.69 bits per heavy atom. The molecule has 4 heteroatoms. The van der Waals surface area contributed by atoms with Crippen LogP contribution in [0.15, 0.2) is 48.5 Å². The number of nitrogens with one attached hydrogen (secondary N) is 1. The standard InChI is InChI=1S/C28H39N3O/c1-21-6-8-24(9-7-21)20-30-17-14-26(15-18-30)28(32)29-23(3)25-10-12-27(13-11-25)31-16-4-5-22(2)19-31/h6-13,22-23,26H,4-5,14-20H2,1-3H3,(H,29,32). The van der Waals surface area contributed by atoms with Crippen LogP contribution < -0.4 is 10.2 Å². The van der Waals surface area contributed by atoms with E-state index in [-0.39, 0.29) is 17.9 Å². The Bertz CT molecular complexity index is 869. The molecule has 2 aliphatic rings. The van der Waals surface area contributed by atoms with E-state index in [0.717, 1.165) is 51.5 Å². The van der Waals surface area contributed by atoms with Gasteiger partial charge in [0.15, 0.2) is 0 Å². The first-order valence-electron chi connectivity index (χ1n) is 12.4. The van der Waals surface area contributed by atoms with E-state index < -0.39 is 0 Å². The molecule has 0 saturated carbocycles. The summed E-state index contributed by atoms with van der Waals surface area (Å²) in [6.07, 6.45) is 4.49. The van der Waals surface area contributed by atoms with Gasteiger partial charge in [-0.3, -0.25) is 9.69 Å². The van der Waals surface area contributed by atoms with Gasteiger partial charge in [0, 0.05) is 31.2 Å². The second-order valence-electron chi connectivity index (χ2n) is 10.1. The van der Waals surface area contributed by atoms with Crippen molar-refractivity contribution in [2.24, 2.45) is 11.8 Å². The summed E-state index contributed by atoms with van der Waals surface area (Å²) in [6.45, 7) is 11.8. The first-order chi connectivity index (χ1) is 15.5. The normalized spacial score (nSPS) is 21.3. The molecule has 0 aliphatic carbocycles. The maximum absolute atomic E-state index is 12.9. The Morgan fingerprint density at radius 1 is 1.00 bits per heavy atom. The number of anilines is 1. The summed E-state index contributed by atoms with van der Waals surface area (Å²) in [7, 11) is 0. The summed E-state index contributed by atoms with van der Waals surface area (Å²) >= 11 is 0. The van der Waals surface area contributed by atoms with Gasteiger partial charge in [0.1, 0.15) is 0 Å². The average molecular weight is 434 g/mol. The summed E-state index contributed by atoms with van der Waals surface area (Å²) in [6, 6.07) is 17.6. The van der Waals surface area contributed by atoms with Gasteiger partial charge < -0.3 is 10.2 Å². The third-order valence-corrected chi connectivity index (χ3v) is 7.26. The molecule has 2 atom stereocenters. The van der Waals surface area contributed by atoms with Crippen molar-refractivity contribution in [3.05, 3.63) is 65.2 Å². The Hall–Kier alpha value is -2.33. The first kappa shape index (κ1) is 22.8. The topological polar surface area (TPSA) is 35.6 Å². The van der Waals surface area contributed by atoms with Crippen molar-refractivity contribution in [1.82, 2.24) is 10.2 Å². The average Bonchev–Trinajstić information content (AvgIpc) is 2.81. The Morgan fingerprint density at radius 3 is 2.34 bits per heavy atom. The number of benzene rings is 2. The molecular weight excluding hydrogens is 394 g/mol. The molecule has 2 heterocycles. The Balaban J connectivity index is 1.24. The van der Waals surface area contributed by atoms with Crippen LogP contribution in [0.25, 0.3) is 0 Å². The Labute approximate surface area is 194 Å². The number of piperidine rings is 2. The van der Waals surface area contributed by atoms with Crippen LogP contribution in [0.5, 0.6) is 0 Å². The van der Waals surface area contributed by atoms with Crippen molar-refractivity contribution in [3.63, 3.8) is 0 Å². The number of nitrogens with zero attached hydrogens (tertiary/aromatic N) is 2. The predicted octanol–water partition coefficient (Wildman–Crippen LogP) is 5.32. The molecule has 172 valence electrons. The molecule has 1 amide bonds. The molecule has 0 radical (unpaired) electrons. The number of carbonyl (C=O) groups is 1. The summed E-state index contributed by atoms with van der Waals surface area (Å²) in [5.74, 6) is 1.10. The lowest BCUT2D eigenvalue weighted by Gasteiger charge is -2.33. The van der Waals surface area contributed by atoms with Gasteiger partial charge in [0.2, 0.25) is 5.91 Å². The van der Waals surface area contributed by atoms with Crippen molar-refractivity contribution >= 4 is 11.6 Å². The van der Waals surface area contributed by atoms with Gasteiger partial charge in [0.25, 0.3) is 0 Å². The number of carbonyl (C=O) groups excluding carboxylic acids is 1. The van der Waals surface area contributed by atoms with Crippen LogP contribution in [0.2, 0.25) is 0 Å². The van der Waals surface area contributed by atoms with E-state index in [1.165, 1.54) is 35.2 Å². The molecule has 1 N–H and O–H groups in total. The lowest BCUT2D eigenvalue weighted by atomic mass is 9.94. The highest BCUT2D eigenvalue weighted by Gasteiger charge is 2.26. The number of amides is 1. The minimum Gasteiger partial charge on any atom is -0.371 e. The largest absolute Gasteiger partial charge is 0.371 e. The van der Waals surface area contributed by atoms with Crippen LogP contribution in [0.4, 0.5) is 5.69 Å². The second-order valence-corrected chi connectivity index (χ2v) is 10.1. The van der Waals surface area contributed by atoms with E-state index in [1.807, 2.05) is 0 Å².